The summed E-state index contributed by atoms with van der Waals surface area (Å²) < 4.78 is 0. The van der Waals surface area contributed by atoms with Gasteiger partial charge < -0.3 is 4.90 Å². The van der Waals surface area contributed by atoms with Crippen molar-refractivity contribution >= 4 is 17.5 Å². The molecule has 0 saturated carbocycles. The Balaban J connectivity index is 2.24. The number of carbonyl (C=O) groups is 1. The Morgan fingerprint density at radius 2 is 1.89 bits per heavy atom. The fraction of sp³-hybridized carbons (Fsp3) is 0.562. The second-order valence-electron chi connectivity index (χ2n) is 5.48. The van der Waals surface area contributed by atoms with Crippen LogP contribution in [0, 0.1) is 5.92 Å². The Hall–Kier alpha value is -1.02. The second-order valence-corrected chi connectivity index (χ2v) is 5.91. The number of benzene rings is 1. The molecule has 1 rings (SSSR count). The summed E-state index contributed by atoms with van der Waals surface area (Å²) in [6.45, 7) is 5.22. The van der Waals surface area contributed by atoms with Gasteiger partial charge in [0.1, 0.15) is 0 Å². The van der Waals surface area contributed by atoms with Gasteiger partial charge in [-0.15, -0.1) is 0 Å². The van der Waals surface area contributed by atoms with Gasteiger partial charge in [0.15, 0.2) is 0 Å². The lowest BCUT2D eigenvalue weighted by Crippen LogP contribution is -2.28. The zero-order chi connectivity index (χ0) is 14.3. The summed E-state index contributed by atoms with van der Waals surface area (Å²) in [5.41, 5.74) is 1.24. The fourth-order valence-corrected chi connectivity index (χ4v) is 1.99. The van der Waals surface area contributed by atoms with E-state index < -0.39 is 0 Å². The Morgan fingerprint density at radius 3 is 2.47 bits per heavy atom. The van der Waals surface area contributed by atoms with E-state index in [1.165, 1.54) is 5.56 Å². The summed E-state index contributed by atoms with van der Waals surface area (Å²) in [5.74, 6) is 0.888. The Kier molecular flexibility index (Phi) is 6.93. The Labute approximate surface area is 121 Å². The van der Waals surface area contributed by atoms with Crippen LogP contribution in [0.3, 0.4) is 0 Å². The number of aryl methyl sites for hydroxylation is 1. The van der Waals surface area contributed by atoms with E-state index in [2.05, 4.69) is 13.8 Å². The number of halogens is 1. The van der Waals surface area contributed by atoms with E-state index in [0.29, 0.717) is 12.3 Å². The molecule has 0 aliphatic rings. The maximum absolute atomic E-state index is 11.9. The van der Waals surface area contributed by atoms with E-state index >= 15 is 0 Å². The van der Waals surface area contributed by atoms with Crippen molar-refractivity contribution in [2.75, 3.05) is 13.6 Å². The monoisotopic (exact) mass is 281 g/mol. The predicted octanol–water partition coefficient (Wildman–Crippen LogP) is 4.17. The molecule has 2 nitrogen and oxygen atoms in total. The quantitative estimate of drug-likeness (QED) is 0.735. The van der Waals surface area contributed by atoms with Crippen molar-refractivity contribution in [3.05, 3.63) is 34.9 Å². The summed E-state index contributed by atoms with van der Waals surface area (Å²) >= 11 is 5.84. The van der Waals surface area contributed by atoms with Crippen molar-refractivity contribution in [3.8, 4) is 0 Å². The third-order valence-electron chi connectivity index (χ3n) is 3.24. The fourth-order valence-electron chi connectivity index (χ4n) is 1.86. The van der Waals surface area contributed by atoms with Gasteiger partial charge in [-0.25, -0.2) is 0 Å². The molecule has 0 bridgehead atoms. The molecule has 1 aromatic rings. The van der Waals surface area contributed by atoms with Gasteiger partial charge in [-0.3, -0.25) is 4.79 Å². The second kappa shape index (κ2) is 8.21. The first kappa shape index (κ1) is 16.0. The van der Waals surface area contributed by atoms with Gasteiger partial charge in [-0.1, -0.05) is 37.6 Å². The molecule has 0 aliphatic heterocycles. The third-order valence-corrected chi connectivity index (χ3v) is 3.49. The first-order chi connectivity index (χ1) is 8.99. The molecule has 0 spiro atoms. The molecule has 0 unspecified atom stereocenters. The number of hydrogen-bond donors (Lipinski definition) is 0. The molecule has 1 aromatic carbocycles. The molecule has 0 saturated heterocycles. The molecule has 3 heteroatoms. The first-order valence-electron chi connectivity index (χ1n) is 6.97. The lowest BCUT2D eigenvalue weighted by atomic mass is 10.1. The highest BCUT2D eigenvalue weighted by Gasteiger charge is 2.08. The molecule has 0 fully saturated rings. The van der Waals surface area contributed by atoms with Gasteiger partial charge in [0.05, 0.1) is 0 Å². The van der Waals surface area contributed by atoms with E-state index in [0.717, 1.165) is 30.8 Å². The summed E-state index contributed by atoms with van der Waals surface area (Å²) in [5, 5.41) is 0.758. The molecular formula is C16H24ClNO. The molecule has 0 heterocycles. The maximum atomic E-state index is 11.9. The maximum Gasteiger partial charge on any atom is 0.222 e. The average molecular weight is 282 g/mol. The molecule has 1 amide bonds. The highest BCUT2D eigenvalue weighted by Crippen LogP contribution is 2.12. The highest BCUT2D eigenvalue weighted by atomic mass is 35.5. The van der Waals surface area contributed by atoms with E-state index in [9.17, 15) is 4.79 Å². The van der Waals surface area contributed by atoms with Crippen LogP contribution in [-0.4, -0.2) is 24.4 Å². The van der Waals surface area contributed by atoms with Crippen LogP contribution >= 0.6 is 11.6 Å². The number of amides is 1. The third kappa shape index (κ3) is 6.63. The van der Waals surface area contributed by atoms with Gasteiger partial charge in [0.25, 0.3) is 0 Å². The predicted molar refractivity (Wildman–Crippen MR) is 81.5 cm³/mol. The van der Waals surface area contributed by atoms with Crippen LogP contribution in [0.15, 0.2) is 24.3 Å². The van der Waals surface area contributed by atoms with E-state index in [-0.39, 0.29) is 5.91 Å². The van der Waals surface area contributed by atoms with Gasteiger partial charge in [0.2, 0.25) is 5.91 Å². The lowest BCUT2D eigenvalue weighted by Gasteiger charge is -2.18. The SMILES string of the molecule is CC(C)CCN(C)C(=O)CCCc1ccc(Cl)cc1. The van der Waals surface area contributed by atoms with Crippen molar-refractivity contribution in [1.82, 2.24) is 4.90 Å². The first-order valence-corrected chi connectivity index (χ1v) is 7.35. The molecule has 0 N–H and O–H groups in total. The van der Waals surface area contributed by atoms with Gasteiger partial charge in [-0.2, -0.15) is 0 Å². The zero-order valence-electron chi connectivity index (χ0n) is 12.2. The standard InChI is InChI=1S/C16H24ClNO/c1-13(2)11-12-18(3)16(19)6-4-5-14-7-9-15(17)10-8-14/h7-10,13H,4-6,11-12H2,1-3H3. The van der Waals surface area contributed by atoms with Crippen molar-refractivity contribution in [2.24, 2.45) is 5.92 Å². The van der Waals surface area contributed by atoms with E-state index in [1.54, 1.807) is 0 Å². The number of hydrogen-bond acceptors (Lipinski definition) is 1. The summed E-state index contributed by atoms with van der Waals surface area (Å²) in [4.78, 5) is 13.8. The Bertz CT molecular complexity index is 386. The van der Waals surface area contributed by atoms with Crippen molar-refractivity contribution in [1.29, 1.82) is 0 Å². The normalized spacial score (nSPS) is 10.8. The molecular weight excluding hydrogens is 258 g/mol. The van der Waals surface area contributed by atoms with Crippen LogP contribution in [-0.2, 0) is 11.2 Å². The number of rotatable bonds is 7. The number of nitrogens with zero attached hydrogens (tertiary/aromatic N) is 1. The molecule has 19 heavy (non-hydrogen) atoms. The van der Waals surface area contributed by atoms with Crippen LogP contribution in [0.2, 0.25) is 5.02 Å². The summed E-state index contributed by atoms with van der Waals surface area (Å²) in [6.07, 6.45) is 3.52. The smallest absolute Gasteiger partial charge is 0.222 e. The van der Waals surface area contributed by atoms with Crippen LogP contribution in [0.1, 0.15) is 38.7 Å². The summed E-state index contributed by atoms with van der Waals surface area (Å²) in [7, 11) is 1.90. The van der Waals surface area contributed by atoms with Crippen LogP contribution < -0.4 is 0 Å². The molecule has 0 atom stereocenters. The molecule has 0 radical (unpaired) electrons. The minimum Gasteiger partial charge on any atom is -0.346 e. The minimum absolute atomic E-state index is 0.245. The highest BCUT2D eigenvalue weighted by molar-refractivity contribution is 6.30. The summed E-state index contributed by atoms with van der Waals surface area (Å²) in [6, 6.07) is 7.84. The van der Waals surface area contributed by atoms with Crippen LogP contribution in [0.5, 0.6) is 0 Å². The van der Waals surface area contributed by atoms with Crippen LogP contribution in [0.25, 0.3) is 0 Å². The van der Waals surface area contributed by atoms with Gasteiger partial charge >= 0.3 is 0 Å². The number of carbonyl (C=O) groups excluding carboxylic acids is 1. The molecule has 0 aromatic heterocycles. The van der Waals surface area contributed by atoms with Crippen molar-refractivity contribution < 1.29 is 4.79 Å². The average Bonchev–Trinajstić information content (AvgIpc) is 2.38. The lowest BCUT2D eigenvalue weighted by molar-refractivity contribution is -0.130. The molecule has 106 valence electrons. The van der Waals surface area contributed by atoms with Crippen molar-refractivity contribution in [2.45, 2.75) is 39.5 Å². The van der Waals surface area contributed by atoms with Crippen molar-refractivity contribution in [3.63, 3.8) is 0 Å². The van der Waals surface area contributed by atoms with Gasteiger partial charge in [0, 0.05) is 25.0 Å². The topological polar surface area (TPSA) is 20.3 Å². The van der Waals surface area contributed by atoms with E-state index in [1.807, 2.05) is 36.2 Å². The van der Waals surface area contributed by atoms with Crippen LogP contribution in [0.4, 0.5) is 0 Å². The van der Waals surface area contributed by atoms with Gasteiger partial charge in [-0.05, 0) is 42.9 Å². The molecule has 0 aliphatic carbocycles. The Morgan fingerprint density at radius 1 is 1.26 bits per heavy atom. The van der Waals surface area contributed by atoms with E-state index in [4.69, 9.17) is 11.6 Å². The largest absolute Gasteiger partial charge is 0.346 e. The zero-order valence-corrected chi connectivity index (χ0v) is 12.9. The minimum atomic E-state index is 0.245.